The second kappa shape index (κ2) is 7.55. The second-order valence-electron chi connectivity index (χ2n) is 11.9. The molecular formula is C34H34O. The van der Waals surface area contributed by atoms with E-state index in [1.54, 1.807) is 0 Å². The van der Waals surface area contributed by atoms with Crippen molar-refractivity contribution in [1.29, 1.82) is 0 Å². The van der Waals surface area contributed by atoms with Gasteiger partial charge in [0.2, 0.25) is 0 Å². The molecule has 35 heavy (non-hydrogen) atoms. The van der Waals surface area contributed by atoms with Gasteiger partial charge < -0.3 is 4.74 Å². The van der Waals surface area contributed by atoms with Crippen molar-refractivity contribution in [1.82, 2.24) is 0 Å². The minimum absolute atomic E-state index is 0.321. The Kier molecular flexibility index (Phi) is 4.61. The topological polar surface area (TPSA) is 9.23 Å². The van der Waals surface area contributed by atoms with Crippen molar-refractivity contribution in [3.05, 3.63) is 84.4 Å². The highest BCUT2D eigenvalue weighted by Gasteiger charge is 2.50. The summed E-state index contributed by atoms with van der Waals surface area (Å²) in [5, 5.41) is 10.4. The fourth-order valence-electron chi connectivity index (χ4n) is 7.45. The fourth-order valence-corrected chi connectivity index (χ4v) is 7.45. The minimum Gasteiger partial charge on any atom is -0.367 e. The summed E-state index contributed by atoms with van der Waals surface area (Å²) in [7, 11) is 0. The molecule has 7 rings (SSSR count). The maximum absolute atomic E-state index is 6.98. The number of fused-ring (bicyclic) bond motifs is 6. The first-order valence-corrected chi connectivity index (χ1v) is 13.3. The van der Waals surface area contributed by atoms with E-state index in [1.807, 2.05) is 0 Å². The summed E-state index contributed by atoms with van der Waals surface area (Å²) in [6, 6.07) is 29.5. The van der Waals surface area contributed by atoms with Gasteiger partial charge in [-0.15, -0.1) is 0 Å². The lowest BCUT2D eigenvalue weighted by atomic mass is 9.80. The van der Waals surface area contributed by atoms with Gasteiger partial charge in [0.1, 0.15) is 0 Å². The summed E-state index contributed by atoms with van der Waals surface area (Å²) in [4.78, 5) is 0. The number of hydrogen-bond donors (Lipinski definition) is 0. The van der Waals surface area contributed by atoms with Gasteiger partial charge >= 0.3 is 0 Å². The number of ether oxygens (including phenoxy) is 1. The Morgan fingerprint density at radius 1 is 0.629 bits per heavy atom. The molecule has 176 valence electrons. The molecule has 0 spiro atoms. The smallest absolute Gasteiger partial charge is 0.0885 e. The van der Waals surface area contributed by atoms with Gasteiger partial charge in [-0.1, -0.05) is 56.3 Å². The van der Waals surface area contributed by atoms with E-state index >= 15 is 0 Å². The van der Waals surface area contributed by atoms with Gasteiger partial charge in [-0.2, -0.15) is 0 Å². The third-order valence-electron chi connectivity index (χ3n) is 9.59. The third-order valence-corrected chi connectivity index (χ3v) is 9.59. The Morgan fingerprint density at radius 2 is 1.20 bits per heavy atom. The molecule has 5 aromatic rings. The van der Waals surface area contributed by atoms with E-state index in [-0.39, 0.29) is 5.60 Å². The van der Waals surface area contributed by atoms with E-state index in [0.717, 1.165) is 17.8 Å². The molecule has 0 aromatic heterocycles. The molecule has 2 aliphatic carbocycles. The van der Waals surface area contributed by atoms with E-state index < -0.39 is 0 Å². The molecule has 5 unspecified atom stereocenters. The molecule has 0 N–H and O–H groups in total. The van der Waals surface area contributed by atoms with Crippen LogP contribution in [0.2, 0.25) is 0 Å². The van der Waals surface area contributed by atoms with Gasteiger partial charge in [0.25, 0.3) is 0 Å². The Bertz CT molecular complexity index is 1610. The predicted octanol–water partition coefficient (Wildman–Crippen LogP) is 9.23. The predicted molar refractivity (Wildman–Crippen MR) is 149 cm³/mol. The van der Waals surface area contributed by atoms with Crippen LogP contribution in [0.15, 0.2) is 78.9 Å². The Labute approximate surface area is 208 Å². The molecule has 2 saturated carbocycles. The van der Waals surface area contributed by atoms with Crippen LogP contribution in [-0.4, -0.2) is 6.10 Å². The summed E-state index contributed by atoms with van der Waals surface area (Å²) < 4.78 is 6.98. The molecule has 0 amide bonds. The van der Waals surface area contributed by atoms with Crippen LogP contribution in [0.25, 0.3) is 43.1 Å². The van der Waals surface area contributed by atoms with Crippen molar-refractivity contribution in [2.75, 3.05) is 0 Å². The maximum atomic E-state index is 6.98. The Balaban J connectivity index is 1.33. The SMILES string of the molecule is CC1C2CC(OC(C)(C)c3cccc4cc5cc6cc7ccccc7cc6cc5cc34)C(C2)C1C. The molecule has 2 fully saturated rings. The number of hydrogen-bond acceptors (Lipinski definition) is 1. The molecule has 5 aromatic carbocycles. The zero-order valence-electron chi connectivity index (χ0n) is 21.2. The highest BCUT2D eigenvalue weighted by Crippen LogP contribution is 2.54. The van der Waals surface area contributed by atoms with Crippen molar-refractivity contribution in [2.45, 2.75) is 52.2 Å². The summed E-state index contributed by atoms with van der Waals surface area (Å²) in [6.07, 6.45) is 2.97. The van der Waals surface area contributed by atoms with Crippen molar-refractivity contribution in [3.8, 4) is 0 Å². The minimum atomic E-state index is -0.321. The first-order valence-electron chi connectivity index (χ1n) is 13.3. The van der Waals surface area contributed by atoms with Crippen LogP contribution in [0, 0.1) is 23.7 Å². The van der Waals surface area contributed by atoms with E-state index in [4.69, 9.17) is 4.74 Å². The van der Waals surface area contributed by atoms with Gasteiger partial charge in [-0.05, 0) is 135 Å². The van der Waals surface area contributed by atoms with Crippen LogP contribution in [0.3, 0.4) is 0 Å². The van der Waals surface area contributed by atoms with Crippen molar-refractivity contribution in [3.63, 3.8) is 0 Å². The lowest BCUT2D eigenvalue weighted by Gasteiger charge is -2.38. The summed E-state index contributed by atoms with van der Waals surface area (Å²) in [5.41, 5.74) is 0.984. The van der Waals surface area contributed by atoms with Crippen LogP contribution in [0.1, 0.15) is 46.1 Å². The van der Waals surface area contributed by atoms with Crippen molar-refractivity contribution >= 4 is 43.1 Å². The molecular weight excluding hydrogens is 424 g/mol. The van der Waals surface area contributed by atoms with E-state index in [9.17, 15) is 0 Å². The molecule has 0 aliphatic heterocycles. The molecule has 1 nitrogen and oxygen atoms in total. The fraction of sp³-hybridized carbons (Fsp3) is 0.353. The molecule has 5 atom stereocenters. The van der Waals surface area contributed by atoms with Crippen molar-refractivity contribution < 1.29 is 4.74 Å². The van der Waals surface area contributed by atoms with E-state index in [2.05, 4.69) is 107 Å². The first-order chi connectivity index (χ1) is 16.9. The summed E-state index contributed by atoms with van der Waals surface area (Å²) in [5.74, 6) is 3.18. The highest BCUT2D eigenvalue weighted by molar-refractivity contribution is 6.08. The highest BCUT2D eigenvalue weighted by atomic mass is 16.5. The second-order valence-corrected chi connectivity index (χ2v) is 11.9. The van der Waals surface area contributed by atoms with Crippen molar-refractivity contribution in [2.24, 2.45) is 23.7 Å². The Morgan fingerprint density at radius 3 is 1.83 bits per heavy atom. The zero-order chi connectivity index (χ0) is 23.9. The average Bonchev–Trinajstić information content (AvgIpc) is 3.37. The lowest BCUT2D eigenvalue weighted by Crippen LogP contribution is -2.36. The molecule has 2 bridgehead atoms. The van der Waals surface area contributed by atoms with Gasteiger partial charge in [0.05, 0.1) is 11.7 Å². The van der Waals surface area contributed by atoms with E-state index in [0.29, 0.717) is 12.0 Å². The monoisotopic (exact) mass is 458 g/mol. The lowest BCUT2D eigenvalue weighted by molar-refractivity contribution is -0.109. The van der Waals surface area contributed by atoms with Crippen LogP contribution in [0.5, 0.6) is 0 Å². The largest absolute Gasteiger partial charge is 0.367 e. The van der Waals surface area contributed by atoms with Crippen LogP contribution in [0.4, 0.5) is 0 Å². The van der Waals surface area contributed by atoms with E-state index in [1.165, 1.54) is 61.5 Å². The molecule has 0 heterocycles. The average molecular weight is 459 g/mol. The van der Waals surface area contributed by atoms with Crippen LogP contribution >= 0.6 is 0 Å². The standard InChI is InChI=1S/C34H34O/c1-20-21(2)30-17-25(20)19-33(30)35-34(3,4)32-11-7-10-24-14-28-15-26-12-22-8-5-6-9-23(22)13-27(26)16-29(28)18-31(24)32/h5-16,18,20-21,25,30,33H,17,19H2,1-4H3. The van der Waals surface area contributed by atoms with Gasteiger partial charge in [-0.25, -0.2) is 0 Å². The van der Waals surface area contributed by atoms with Gasteiger partial charge in [0.15, 0.2) is 0 Å². The van der Waals surface area contributed by atoms with Crippen LogP contribution < -0.4 is 0 Å². The van der Waals surface area contributed by atoms with Gasteiger partial charge in [-0.3, -0.25) is 0 Å². The molecule has 2 aliphatic rings. The summed E-state index contributed by atoms with van der Waals surface area (Å²) in [6.45, 7) is 9.44. The molecule has 0 radical (unpaired) electrons. The number of benzene rings is 5. The zero-order valence-corrected chi connectivity index (χ0v) is 21.2. The van der Waals surface area contributed by atoms with Gasteiger partial charge in [0, 0.05) is 0 Å². The molecule has 1 heteroatoms. The maximum Gasteiger partial charge on any atom is 0.0885 e. The molecule has 0 saturated heterocycles. The number of rotatable bonds is 3. The third kappa shape index (κ3) is 3.32. The Hall–Kier alpha value is -2.90. The first kappa shape index (κ1) is 21.4. The van der Waals surface area contributed by atoms with Crippen LogP contribution in [-0.2, 0) is 10.3 Å². The normalized spacial score (nSPS) is 26.5. The summed E-state index contributed by atoms with van der Waals surface area (Å²) >= 11 is 0. The quantitative estimate of drug-likeness (QED) is 0.245.